The Labute approximate surface area is 127 Å². The van der Waals surface area contributed by atoms with Gasteiger partial charge in [0.15, 0.2) is 10.8 Å². The number of carbonyl (C=O) groups is 1. The molecule has 0 saturated carbocycles. The molecule has 0 aliphatic carbocycles. The normalized spacial score (nSPS) is 11.1. The van der Waals surface area contributed by atoms with Gasteiger partial charge in [0.25, 0.3) is 0 Å². The number of carboxylic acids is 1. The van der Waals surface area contributed by atoms with Gasteiger partial charge in [-0.05, 0) is 32.4 Å². The van der Waals surface area contributed by atoms with Gasteiger partial charge in [0.2, 0.25) is 0 Å². The van der Waals surface area contributed by atoms with Gasteiger partial charge in [0.05, 0.1) is 5.75 Å². The van der Waals surface area contributed by atoms with Crippen LogP contribution in [0.1, 0.15) is 19.0 Å². The molecule has 0 bridgehead atoms. The number of fused-ring (bicyclic) bond motifs is 1. The molecule has 6 nitrogen and oxygen atoms in total. The van der Waals surface area contributed by atoms with Crippen molar-refractivity contribution in [2.45, 2.75) is 32.0 Å². The molecule has 0 aliphatic heterocycles. The number of imidazole rings is 1. The Hall–Kier alpha value is -1.60. The third-order valence-electron chi connectivity index (χ3n) is 2.90. The van der Waals surface area contributed by atoms with Crippen molar-refractivity contribution in [3.05, 3.63) is 17.8 Å². The molecular formula is C14H19N3O3S. The number of ether oxygens (including phenoxy) is 1. The van der Waals surface area contributed by atoms with Crippen LogP contribution in [-0.4, -0.2) is 44.6 Å². The predicted molar refractivity (Wildman–Crippen MR) is 81.7 cm³/mol. The Bertz CT molecular complexity index is 627. The van der Waals surface area contributed by atoms with E-state index in [-0.39, 0.29) is 5.75 Å². The lowest BCUT2D eigenvalue weighted by Gasteiger charge is -2.08. The van der Waals surface area contributed by atoms with E-state index >= 15 is 0 Å². The highest BCUT2D eigenvalue weighted by atomic mass is 32.2. The summed E-state index contributed by atoms with van der Waals surface area (Å²) in [6.07, 6.45) is 0.843. The highest BCUT2D eigenvalue weighted by molar-refractivity contribution is 7.99. The van der Waals surface area contributed by atoms with Crippen LogP contribution in [0.25, 0.3) is 11.2 Å². The molecule has 0 atom stereocenters. The van der Waals surface area contributed by atoms with E-state index in [2.05, 4.69) is 9.97 Å². The molecule has 0 saturated heterocycles. The average Bonchev–Trinajstić information content (AvgIpc) is 2.78. The molecule has 2 aromatic rings. The molecule has 114 valence electrons. The fourth-order valence-corrected chi connectivity index (χ4v) is 2.73. The smallest absolute Gasteiger partial charge is 0.313 e. The number of hydrogen-bond acceptors (Lipinski definition) is 5. The van der Waals surface area contributed by atoms with Gasteiger partial charge in [-0.15, -0.1) is 0 Å². The molecule has 2 heterocycles. The summed E-state index contributed by atoms with van der Waals surface area (Å²) >= 11 is 1.22. The highest BCUT2D eigenvalue weighted by Gasteiger charge is 2.13. The molecule has 2 rings (SSSR count). The molecule has 1 N–H and O–H groups in total. The molecular weight excluding hydrogens is 290 g/mol. The van der Waals surface area contributed by atoms with Crippen LogP contribution in [0.5, 0.6) is 0 Å². The lowest BCUT2D eigenvalue weighted by atomic mass is 10.3. The second kappa shape index (κ2) is 7.42. The zero-order valence-corrected chi connectivity index (χ0v) is 13.0. The lowest BCUT2D eigenvalue weighted by Crippen LogP contribution is -2.06. The summed E-state index contributed by atoms with van der Waals surface area (Å²) in [5, 5.41) is 9.53. The first-order chi connectivity index (χ1) is 10.1. The second-order valence-corrected chi connectivity index (χ2v) is 5.52. The third kappa shape index (κ3) is 4.18. The van der Waals surface area contributed by atoms with Gasteiger partial charge in [-0.3, -0.25) is 4.79 Å². The monoisotopic (exact) mass is 309 g/mol. The minimum Gasteiger partial charge on any atom is -0.481 e. The topological polar surface area (TPSA) is 77.2 Å². The van der Waals surface area contributed by atoms with Crippen LogP contribution in [0.15, 0.2) is 17.3 Å². The van der Waals surface area contributed by atoms with Crippen LogP contribution in [0.4, 0.5) is 0 Å². The van der Waals surface area contributed by atoms with E-state index in [1.165, 1.54) is 11.8 Å². The minimum absolute atomic E-state index is 0.00619. The van der Waals surface area contributed by atoms with E-state index < -0.39 is 5.97 Å². The molecule has 0 aromatic carbocycles. The first-order valence-corrected chi connectivity index (χ1v) is 7.86. The summed E-state index contributed by atoms with van der Waals surface area (Å²) < 4.78 is 7.33. The molecule has 0 radical (unpaired) electrons. The molecule has 0 unspecified atom stereocenters. The van der Waals surface area contributed by atoms with Gasteiger partial charge in [-0.1, -0.05) is 11.8 Å². The predicted octanol–water partition coefficient (Wildman–Crippen LogP) is 2.34. The van der Waals surface area contributed by atoms with E-state index in [0.29, 0.717) is 18.4 Å². The number of aliphatic carboxylic acids is 1. The summed E-state index contributed by atoms with van der Waals surface area (Å²) in [5.74, 6) is -0.856. The van der Waals surface area contributed by atoms with Crippen LogP contribution in [0.3, 0.4) is 0 Å². The van der Waals surface area contributed by atoms with Crippen molar-refractivity contribution in [3.8, 4) is 0 Å². The fraction of sp³-hybridized carbons (Fsp3) is 0.500. The van der Waals surface area contributed by atoms with Crippen LogP contribution in [0.2, 0.25) is 0 Å². The Kier molecular flexibility index (Phi) is 5.58. The number of aryl methyl sites for hydroxylation is 2. The third-order valence-corrected chi connectivity index (χ3v) is 3.86. The maximum atomic E-state index is 10.8. The van der Waals surface area contributed by atoms with Crippen molar-refractivity contribution < 1.29 is 14.6 Å². The minimum atomic E-state index is -0.850. The van der Waals surface area contributed by atoms with Crippen LogP contribution in [0, 0.1) is 6.92 Å². The quantitative estimate of drug-likeness (QED) is 0.596. The summed E-state index contributed by atoms with van der Waals surface area (Å²) in [6, 6.07) is 3.83. The lowest BCUT2D eigenvalue weighted by molar-refractivity contribution is -0.133. The number of aromatic nitrogens is 3. The number of pyridine rings is 1. The van der Waals surface area contributed by atoms with E-state index in [9.17, 15) is 4.79 Å². The van der Waals surface area contributed by atoms with Crippen molar-refractivity contribution in [2.75, 3.05) is 19.0 Å². The van der Waals surface area contributed by atoms with Gasteiger partial charge in [0, 0.05) is 25.5 Å². The number of rotatable bonds is 8. The van der Waals surface area contributed by atoms with E-state index in [0.717, 1.165) is 29.8 Å². The van der Waals surface area contributed by atoms with Gasteiger partial charge in [0.1, 0.15) is 5.52 Å². The van der Waals surface area contributed by atoms with E-state index in [1.54, 1.807) is 0 Å². The Morgan fingerprint density at radius 1 is 1.43 bits per heavy atom. The Balaban J connectivity index is 2.24. The first kappa shape index (κ1) is 15.8. The fourth-order valence-electron chi connectivity index (χ4n) is 1.98. The molecule has 0 spiro atoms. The van der Waals surface area contributed by atoms with Crippen LogP contribution >= 0.6 is 11.8 Å². The standard InChI is InChI=1S/C14H19N3O3S/c1-3-20-8-4-7-17-13-11(6-5-10(2)15-13)16-14(17)21-9-12(18)19/h5-6H,3-4,7-9H2,1-2H3,(H,18,19). The zero-order valence-electron chi connectivity index (χ0n) is 12.2. The number of hydrogen-bond donors (Lipinski definition) is 1. The van der Waals surface area contributed by atoms with Gasteiger partial charge < -0.3 is 14.4 Å². The van der Waals surface area contributed by atoms with Crippen LogP contribution < -0.4 is 0 Å². The SMILES string of the molecule is CCOCCCn1c(SCC(=O)O)nc2ccc(C)nc21. The molecule has 0 fully saturated rings. The zero-order chi connectivity index (χ0) is 15.2. The maximum absolute atomic E-state index is 10.8. The second-order valence-electron chi connectivity index (χ2n) is 4.57. The summed E-state index contributed by atoms with van der Waals surface area (Å²) in [7, 11) is 0. The van der Waals surface area contributed by atoms with E-state index in [4.69, 9.17) is 9.84 Å². The number of nitrogens with zero attached hydrogens (tertiary/aromatic N) is 3. The van der Waals surface area contributed by atoms with Crippen molar-refractivity contribution >= 4 is 28.9 Å². The van der Waals surface area contributed by atoms with Crippen molar-refractivity contribution in [1.82, 2.24) is 14.5 Å². The number of thioether (sulfide) groups is 1. The van der Waals surface area contributed by atoms with Crippen LogP contribution in [-0.2, 0) is 16.1 Å². The summed E-state index contributed by atoms with van der Waals surface area (Å²) in [5.41, 5.74) is 2.52. The molecule has 21 heavy (non-hydrogen) atoms. The Morgan fingerprint density at radius 2 is 2.24 bits per heavy atom. The van der Waals surface area contributed by atoms with Gasteiger partial charge >= 0.3 is 5.97 Å². The number of carboxylic acid groups (broad SMARTS) is 1. The van der Waals surface area contributed by atoms with Gasteiger partial charge in [-0.25, -0.2) is 9.97 Å². The molecule has 0 amide bonds. The summed E-state index contributed by atoms with van der Waals surface area (Å²) in [6.45, 7) is 5.98. The maximum Gasteiger partial charge on any atom is 0.313 e. The van der Waals surface area contributed by atoms with Crippen molar-refractivity contribution in [3.63, 3.8) is 0 Å². The first-order valence-electron chi connectivity index (χ1n) is 6.88. The summed E-state index contributed by atoms with van der Waals surface area (Å²) in [4.78, 5) is 19.8. The van der Waals surface area contributed by atoms with E-state index in [1.807, 2.05) is 30.5 Å². The molecule has 2 aromatic heterocycles. The Morgan fingerprint density at radius 3 is 2.95 bits per heavy atom. The van der Waals surface area contributed by atoms with Gasteiger partial charge in [-0.2, -0.15) is 0 Å². The van der Waals surface area contributed by atoms with Crippen molar-refractivity contribution in [2.24, 2.45) is 0 Å². The molecule has 7 heteroatoms. The molecule has 0 aliphatic rings. The highest BCUT2D eigenvalue weighted by Crippen LogP contribution is 2.23. The average molecular weight is 309 g/mol. The van der Waals surface area contributed by atoms with Crippen molar-refractivity contribution in [1.29, 1.82) is 0 Å². The largest absolute Gasteiger partial charge is 0.481 e.